The standard InChI is InChI=1S/C45H83N9O9/c1-22-27(9)36(44(62)50(17)30(12)39(57)51(18)34(25(5)6)38(46)56)54(21)45(63)37(28(10)23-2)53(20)41(59)31(13)49(16)43(61)35(26(7)8)52(19)40(58)29(11)48(15)42(60)33(24(3)4)47-32(14)55/h24-31,33-37H,22-23H2,1-21H3,(H2,46,56)(H,47,55)/t27-,28-,29-,30-,31-,33-,34-,35-,36-,37-/m0/s1. The van der Waals surface area contributed by atoms with Crippen LogP contribution >= 0.6 is 0 Å². The second-order valence-electron chi connectivity index (χ2n) is 18.5. The number of nitrogens with zero attached hydrogens (tertiary/aromatic N) is 7. The first kappa shape index (κ1) is 58.2. The van der Waals surface area contributed by atoms with Crippen LogP contribution in [-0.4, -0.2) is 185 Å². The molecule has 0 aromatic rings. The fourth-order valence-electron chi connectivity index (χ4n) is 7.97. The lowest BCUT2D eigenvalue weighted by Gasteiger charge is -2.42. The van der Waals surface area contributed by atoms with Gasteiger partial charge in [-0.05, 0) is 50.4 Å². The van der Waals surface area contributed by atoms with Gasteiger partial charge in [0.05, 0.1) is 0 Å². The van der Waals surface area contributed by atoms with Crippen LogP contribution in [0, 0.1) is 29.6 Å². The number of nitrogens with two attached hydrogens (primary N) is 1. The number of rotatable bonds is 23. The molecule has 0 aliphatic heterocycles. The summed E-state index contributed by atoms with van der Waals surface area (Å²) in [4.78, 5) is 132. The molecule has 0 saturated carbocycles. The van der Waals surface area contributed by atoms with Crippen molar-refractivity contribution in [2.75, 3.05) is 49.3 Å². The van der Waals surface area contributed by atoms with Crippen molar-refractivity contribution in [2.45, 2.75) is 158 Å². The van der Waals surface area contributed by atoms with Crippen molar-refractivity contribution in [1.82, 2.24) is 39.6 Å². The van der Waals surface area contributed by atoms with Gasteiger partial charge >= 0.3 is 0 Å². The van der Waals surface area contributed by atoms with E-state index in [1.54, 1.807) is 62.3 Å². The first-order valence-corrected chi connectivity index (χ1v) is 22.2. The smallest absolute Gasteiger partial charge is 0.246 e. The van der Waals surface area contributed by atoms with Crippen molar-refractivity contribution in [1.29, 1.82) is 0 Å². The number of hydrogen-bond acceptors (Lipinski definition) is 9. The summed E-state index contributed by atoms with van der Waals surface area (Å²) in [6.45, 7) is 24.0. The van der Waals surface area contributed by atoms with Gasteiger partial charge in [0.15, 0.2) is 0 Å². The number of hydrogen-bond donors (Lipinski definition) is 2. The highest BCUT2D eigenvalue weighted by Crippen LogP contribution is 2.25. The Kier molecular flexibility index (Phi) is 23.0. The molecule has 0 saturated heterocycles. The average molecular weight is 894 g/mol. The molecule has 0 heterocycles. The van der Waals surface area contributed by atoms with E-state index in [9.17, 15) is 43.2 Å². The van der Waals surface area contributed by atoms with Crippen LogP contribution in [0.3, 0.4) is 0 Å². The molecule has 0 rings (SSSR count). The average Bonchev–Trinajstić information content (AvgIpc) is 3.21. The molecule has 0 radical (unpaired) electrons. The summed E-state index contributed by atoms with van der Waals surface area (Å²) in [6, 6.07) is -7.99. The molecular weight excluding hydrogens is 811 g/mol. The molecule has 9 amide bonds. The van der Waals surface area contributed by atoms with E-state index >= 15 is 0 Å². The minimum Gasteiger partial charge on any atom is -0.368 e. The van der Waals surface area contributed by atoms with E-state index in [1.807, 2.05) is 27.7 Å². The molecule has 3 N–H and O–H groups in total. The van der Waals surface area contributed by atoms with E-state index in [1.165, 1.54) is 90.6 Å². The number of likely N-dealkylation sites (N-methyl/N-ethyl adjacent to an activating group) is 7. The first-order chi connectivity index (χ1) is 28.8. The maximum atomic E-state index is 14.7. The van der Waals surface area contributed by atoms with Crippen LogP contribution in [0.5, 0.6) is 0 Å². The van der Waals surface area contributed by atoms with Gasteiger partial charge in [-0.3, -0.25) is 43.2 Å². The lowest BCUT2D eigenvalue weighted by atomic mass is 9.92. The Balaban J connectivity index is 6.67. The summed E-state index contributed by atoms with van der Waals surface area (Å²) in [5, 5.41) is 2.65. The molecule has 0 unspecified atom stereocenters. The van der Waals surface area contributed by atoms with E-state index in [2.05, 4.69) is 5.32 Å². The van der Waals surface area contributed by atoms with Crippen LogP contribution in [0.25, 0.3) is 0 Å². The predicted molar refractivity (Wildman–Crippen MR) is 243 cm³/mol. The minimum atomic E-state index is -1.10. The fraction of sp³-hybridized carbons (Fsp3) is 0.800. The zero-order valence-electron chi connectivity index (χ0n) is 42.3. The minimum absolute atomic E-state index is 0.256. The third kappa shape index (κ3) is 14.1. The Hall–Kier alpha value is -4.77. The molecular formula is C45H83N9O9. The molecule has 18 heteroatoms. The Morgan fingerprint density at radius 2 is 0.667 bits per heavy atom. The second kappa shape index (κ2) is 24.9. The van der Waals surface area contributed by atoms with Crippen LogP contribution in [-0.2, 0) is 43.2 Å². The van der Waals surface area contributed by atoms with E-state index in [-0.39, 0.29) is 23.7 Å². The van der Waals surface area contributed by atoms with E-state index in [0.717, 1.165) is 0 Å². The Bertz CT molecular complexity index is 1640. The van der Waals surface area contributed by atoms with Crippen molar-refractivity contribution in [2.24, 2.45) is 35.3 Å². The van der Waals surface area contributed by atoms with Crippen LogP contribution < -0.4 is 11.1 Å². The highest BCUT2D eigenvalue weighted by molar-refractivity contribution is 5.98. The largest absolute Gasteiger partial charge is 0.368 e. The van der Waals surface area contributed by atoms with Gasteiger partial charge in [-0.1, -0.05) is 82.1 Å². The topological polar surface area (TPSA) is 214 Å². The molecule has 63 heavy (non-hydrogen) atoms. The van der Waals surface area contributed by atoms with Crippen molar-refractivity contribution in [3.8, 4) is 0 Å². The molecule has 0 aliphatic carbocycles. The quantitative estimate of drug-likeness (QED) is 0.153. The molecule has 0 aromatic carbocycles. The molecule has 18 nitrogen and oxygen atoms in total. The van der Waals surface area contributed by atoms with Gasteiger partial charge in [0.2, 0.25) is 53.2 Å². The van der Waals surface area contributed by atoms with Crippen molar-refractivity contribution < 1.29 is 43.2 Å². The highest BCUT2D eigenvalue weighted by Gasteiger charge is 2.44. The maximum absolute atomic E-state index is 14.7. The van der Waals surface area contributed by atoms with Gasteiger partial charge in [0.25, 0.3) is 0 Å². The molecule has 0 spiro atoms. The van der Waals surface area contributed by atoms with Gasteiger partial charge in [-0.2, -0.15) is 0 Å². The van der Waals surface area contributed by atoms with E-state index in [4.69, 9.17) is 5.73 Å². The number of primary amides is 1. The van der Waals surface area contributed by atoms with Crippen LogP contribution in [0.1, 0.15) is 110 Å². The van der Waals surface area contributed by atoms with Gasteiger partial charge in [-0.25, -0.2) is 0 Å². The third-order valence-electron chi connectivity index (χ3n) is 12.9. The lowest BCUT2D eigenvalue weighted by molar-refractivity contribution is -0.158. The number of carbonyl (C=O) groups is 9. The summed E-state index contributed by atoms with van der Waals surface area (Å²) in [6.07, 6.45) is 0.991. The maximum Gasteiger partial charge on any atom is 0.246 e. The SMILES string of the molecule is CC[C@H](C)[C@@H](C(=O)N(C)[C@@H](C)C(=O)N(C)[C@H](C(N)=O)C(C)C)N(C)C(=O)[C@H]([C@@H](C)CC)N(C)C(=O)[C@H](C)N(C)C(=O)[C@H](C(C)C)N(C)C(=O)[C@H](C)N(C)C(=O)[C@@H](NC(C)=O)C(C)C. The molecule has 0 aliphatic rings. The monoisotopic (exact) mass is 894 g/mol. The van der Waals surface area contributed by atoms with Crippen molar-refractivity contribution >= 4 is 53.2 Å². The molecule has 0 fully saturated rings. The van der Waals surface area contributed by atoms with Crippen molar-refractivity contribution in [3.63, 3.8) is 0 Å². The summed E-state index contributed by atoms with van der Waals surface area (Å²) in [7, 11) is 10.3. The Labute approximate surface area is 377 Å². The summed E-state index contributed by atoms with van der Waals surface area (Å²) < 4.78 is 0. The van der Waals surface area contributed by atoms with Gasteiger partial charge in [0, 0.05) is 56.3 Å². The normalized spacial score (nSPS) is 16.3. The molecule has 0 aromatic heterocycles. The van der Waals surface area contributed by atoms with E-state index < -0.39 is 107 Å². The van der Waals surface area contributed by atoms with E-state index in [0.29, 0.717) is 12.8 Å². The number of amides is 9. The highest BCUT2D eigenvalue weighted by atomic mass is 16.2. The van der Waals surface area contributed by atoms with Crippen LogP contribution in [0.2, 0.25) is 0 Å². The van der Waals surface area contributed by atoms with Gasteiger partial charge in [-0.15, -0.1) is 0 Å². The third-order valence-corrected chi connectivity index (χ3v) is 12.9. The fourth-order valence-corrected chi connectivity index (χ4v) is 7.97. The molecule has 0 bridgehead atoms. The van der Waals surface area contributed by atoms with Crippen molar-refractivity contribution in [3.05, 3.63) is 0 Å². The first-order valence-electron chi connectivity index (χ1n) is 22.2. The number of carbonyl (C=O) groups excluding carboxylic acids is 9. The van der Waals surface area contributed by atoms with Crippen LogP contribution in [0.4, 0.5) is 0 Å². The van der Waals surface area contributed by atoms with Gasteiger partial charge < -0.3 is 45.3 Å². The Morgan fingerprint density at radius 3 is 0.952 bits per heavy atom. The summed E-state index contributed by atoms with van der Waals surface area (Å²) >= 11 is 0. The predicted octanol–water partition coefficient (Wildman–Crippen LogP) is 1.89. The molecule has 362 valence electrons. The van der Waals surface area contributed by atoms with Crippen LogP contribution in [0.15, 0.2) is 0 Å². The molecule has 10 atom stereocenters. The van der Waals surface area contributed by atoms with Gasteiger partial charge in [0.1, 0.15) is 48.3 Å². The second-order valence-corrected chi connectivity index (χ2v) is 18.5. The lowest BCUT2D eigenvalue weighted by Crippen LogP contribution is -2.62. The Morgan fingerprint density at radius 1 is 0.397 bits per heavy atom. The number of nitrogens with one attached hydrogen (secondary N) is 1. The zero-order valence-corrected chi connectivity index (χ0v) is 42.3. The summed E-state index contributed by atoms with van der Waals surface area (Å²) in [5.41, 5.74) is 5.61. The summed E-state index contributed by atoms with van der Waals surface area (Å²) in [5.74, 6) is -6.34. The zero-order chi connectivity index (χ0) is 49.9.